The monoisotopic (exact) mass is 322 g/mol. The average Bonchev–Trinajstić information content (AvgIpc) is 2.46. The van der Waals surface area contributed by atoms with Crippen LogP contribution in [0.2, 0.25) is 0 Å². The average molecular weight is 322 g/mol. The van der Waals surface area contributed by atoms with E-state index in [2.05, 4.69) is 10.3 Å². The molecule has 0 bridgehead atoms. The lowest BCUT2D eigenvalue weighted by Gasteiger charge is -2.34. The van der Waals surface area contributed by atoms with Crippen LogP contribution in [-0.2, 0) is 4.74 Å². The Labute approximate surface area is 135 Å². The van der Waals surface area contributed by atoms with Crippen LogP contribution < -0.4 is 5.32 Å². The lowest BCUT2D eigenvalue weighted by Crippen LogP contribution is -2.47. The number of nitrogens with zero attached hydrogens (tertiary/aromatic N) is 3. The van der Waals surface area contributed by atoms with Gasteiger partial charge in [-0.15, -0.1) is 0 Å². The van der Waals surface area contributed by atoms with Crippen LogP contribution in [-0.4, -0.2) is 45.6 Å². The van der Waals surface area contributed by atoms with Gasteiger partial charge >= 0.3 is 6.09 Å². The first-order valence-corrected chi connectivity index (χ1v) is 7.59. The molecular weight excluding hydrogens is 300 g/mol. The molecule has 23 heavy (non-hydrogen) atoms. The first-order chi connectivity index (χ1) is 10.7. The quantitative estimate of drug-likeness (QED) is 0.679. The van der Waals surface area contributed by atoms with Gasteiger partial charge < -0.3 is 15.0 Å². The van der Waals surface area contributed by atoms with E-state index >= 15 is 0 Å². The molecule has 1 atom stereocenters. The van der Waals surface area contributed by atoms with Crippen molar-refractivity contribution in [3.8, 4) is 0 Å². The van der Waals surface area contributed by atoms with Gasteiger partial charge in [-0.2, -0.15) is 0 Å². The Morgan fingerprint density at radius 3 is 2.78 bits per heavy atom. The molecule has 1 aromatic heterocycles. The number of piperidine rings is 1. The molecule has 1 aliphatic rings. The SMILES string of the molecule is CC(C)(C)OC(=O)N1CCC[C@H](Nc2ccc([N+](=O)[O-])cn2)C1. The molecule has 0 aromatic carbocycles. The summed E-state index contributed by atoms with van der Waals surface area (Å²) in [5.41, 5.74) is -0.563. The van der Waals surface area contributed by atoms with Gasteiger partial charge in [-0.05, 0) is 39.7 Å². The predicted molar refractivity (Wildman–Crippen MR) is 85.3 cm³/mol. The zero-order valence-electron chi connectivity index (χ0n) is 13.6. The molecule has 0 spiro atoms. The van der Waals surface area contributed by atoms with Crippen LogP contribution in [0.1, 0.15) is 33.6 Å². The summed E-state index contributed by atoms with van der Waals surface area (Å²) < 4.78 is 5.39. The Morgan fingerprint density at radius 2 is 2.22 bits per heavy atom. The third-order valence-electron chi connectivity index (χ3n) is 3.38. The van der Waals surface area contributed by atoms with Gasteiger partial charge in [0.25, 0.3) is 5.69 Å². The van der Waals surface area contributed by atoms with Crippen molar-refractivity contribution in [2.45, 2.75) is 45.3 Å². The van der Waals surface area contributed by atoms with Crippen LogP contribution in [0, 0.1) is 10.1 Å². The minimum atomic E-state index is -0.516. The van der Waals surface area contributed by atoms with E-state index in [0.717, 1.165) is 12.8 Å². The number of anilines is 1. The number of amides is 1. The minimum absolute atomic E-state index is 0.0465. The summed E-state index contributed by atoms with van der Waals surface area (Å²) >= 11 is 0. The van der Waals surface area contributed by atoms with E-state index in [0.29, 0.717) is 18.9 Å². The predicted octanol–water partition coefficient (Wildman–Crippen LogP) is 2.80. The molecule has 1 saturated heterocycles. The molecule has 0 radical (unpaired) electrons. The Balaban J connectivity index is 1.93. The number of hydrogen-bond acceptors (Lipinski definition) is 6. The van der Waals surface area contributed by atoms with Crippen molar-refractivity contribution in [1.82, 2.24) is 9.88 Å². The van der Waals surface area contributed by atoms with Gasteiger partial charge in [-0.1, -0.05) is 0 Å². The lowest BCUT2D eigenvalue weighted by molar-refractivity contribution is -0.385. The Hall–Kier alpha value is -2.38. The van der Waals surface area contributed by atoms with Gasteiger partial charge in [0.2, 0.25) is 0 Å². The Kier molecular flexibility index (Phi) is 5.02. The number of carbonyl (C=O) groups excluding carboxylic acids is 1. The van der Waals surface area contributed by atoms with Crippen molar-refractivity contribution < 1.29 is 14.5 Å². The number of hydrogen-bond donors (Lipinski definition) is 1. The molecule has 2 heterocycles. The smallest absolute Gasteiger partial charge is 0.410 e. The summed E-state index contributed by atoms with van der Waals surface area (Å²) in [5, 5.41) is 13.8. The highest BCUT2D eigenvalue weighted by atomic mass is 16.6. The van der Waals surface area contributed by atoms with Crippen molar-refractivity contribution in [3.63, 3.8) is 0 Å². The van der Waals surface area contributed by atoms with Crippen molar-refractivity contribution in [1.29, 1.82) is 0 Å². The van der Waals surface area contributed by atoms with Crippen LogP contribution in [0.5, 0.6) is 0 Å². The number of nitro groups is 1. The molecule has 1 aliphatic heterocycles. The highest BCUT2D eigenvalue weighted by molar-refractivity contribution is 5.68. The number of nitrogens with one attached hydrogen (secondary N) is 1. The molecule has 126 valence electrons. The van der Waals surface area contributed by atoms with Gasteiger partial charge in [0, 0.05) is 25.2 Å². The van der Waals surface area contributed by atoms with E-state index in [1.807, 2.05) is 20.8 Å². The fourth-order valence-electron chi connectivity index (χ4n) is 2.38. The van der Waals surface area contributed by atoms with E-state index in [1.54, 1.807) is 11.0 Å². The van der Waals surface area contributed by atoms with Crippen molar-refractivity contribution in [3.05, 3.63) is 28.4 Å². The fourth-order valence-corrected chi connectivity index (χ4v) is 2.38. The van der Waals surface area contributed by atoms with E-state index in [9.17, 15) is 14.9 Å². The van der Waals surface area contributed by atoms with Gasteiger partial charge in [-0.3, -0.25) is 10.1 Å². The molecule has 8 nitrogen and oxygen atoms in total. The van der Waals surface area contributed by atoms with Crippen molar-refractivity contribution in [2.24, 2.45) is 0 Å². The second-order valence-electron chi connectivity index (χ2n) is 6.57. The van der Waals surface area contributed by atoms with Gasteiger partial charge in [-0.25, -0.2) is 9.78 Å². The number of ether oxygens (including phenoxy) is 1. The number of likely N-dealkylation sites (tertiary alicyclic amines) is 1. The molecule has 2 rings (SSSR count). The summed E-state index contributed by atoms with van der Waals surface area (Å²) in [6, 6.07) is 3.03. The van der Waals surface area contributed by atoms with E-state index < -0.39 is 10.5 Å². The number of aromatic nitrogens is 1. The Morgan fingerprint density at radius 1 is 1.48 bits per heavy atom. The lowest BCUT2D eigenvalue weighted by atomic mass is 10.1. The van der Waals surface area contributed by atoms with Crippen LogP contribution in [0.4, 0.5) is 16.3 Å². The molecule has 1 fully saturated rings. The molecule has 1 N–H and O–H groups in total. The highest BCUT2D eigenvalue weighted by Crippen LogP contribution is 2.19. The van der Waals surface area contributed by atoms with Crippen LogP contribution in [0.25, 0.3) is 0 Å². The number of rotatable bonds is 3. The van der Waals surface area contributed by atoms with Crippen LogP contribution >= 0.6 is 0 Å². The summed E-state index contributed by atoms with van der Waals surface area (Å²) in [7, 11) is 0. The second-order valence-corrected chi connectivity index (χ2v) is 6.57. The van der Waals surface area contributed by atoms with Gasteiger partial charge in [0.15, 0.2) is 0 Å². The largest absolute Gasteiger partial charge is 0.444 e. The number of pyridine rings is 1. The normalized spacial score (nSPS) is 18.4. The molecule has 8 heteroatoms. The molecule has 0 unspecified atom stereocenters. The zero-order chi connectivity index (χ0) is 17.0. The van der Waals surface area contributed by atoms with Crippen molar-refractivity contribution in [2.75, 3.05) is 18.4 Å². The first kappa shape index (κ1) is 17.0. The van der Waals surface area contributed by atoms with E-state index in [1.165, 1.54) is 12.3 Å². The molecule has 0 saturated carbocycles. The summed E-state index contributed by atoms with van der Waals surface area (Å²) in [4.78, 5) is 28.0. The fraction of sp³-hybridized carbons (Fsp3) is 0.600. The molecular formula is C15H22N4O4. The minimum Gasteiger partial charge on any atom is -0.444 e. The van der Waals surface area contributed by atoms with Crippen molar-refractivity contribution >= 4 is 17.6 Å². The van der Waals surface area contributed by atoms with E-state index in [-0.39, 0.29) is 17.8 Å². The number of carbonyl (C=O) groups is 1. The molecule has 1 aromatic rings. The maximum Gasteiger partial charge on any atom is 0.410 e. The maximum atomic E-state index is 12.1. The topological polar surface area (TPSA) is 97.6 Å². The van der Waals surface area contributed by atoms with Crippen LogP contribution in [0.3, 0.4) is 0 Å². The first-order valence-electron chi connectivity index (χ1n) is 7.59. The summed E-state index contributed by atoms with van der Waals surface area (Å²) in [6.07, 6.45) is 2.67. The maximum absolute atomic E-state index is 12.1. The van der Waals surface area contributed by atoms with Crippen LogP contribution in [0.15, 0.2) is 18.3 Å². The summed E-state index contributed by atoms with van der Waals surface area (Å²) in [5.74, 6) is 0.562. The highest BCUT2D eigenvalue weighted by Gasteiger charge is 2.27. The third kappa shape index (κ3) is 5.08. The molecule has 1 amide bonds. The Bertz CT molecular complexity index is 568. The summed E-state index contributed by atoms with van der Waals surface area (Å²) in [6.45, 7) is 6.70. The standard InChI is InChI=1S/C15H22N4O4/c1-15(2,3)23-14(20)18-8-4-5-11(10-18)17-13-7-6-12(9-16-13)19(21)22/h6-7,9,11H,4-5,8,10H2,1-3H3,(H,16,17)/t11-/m0/s1. The zero-order valence-corrected chi connectivity index (χ0v) is 13.6. The van der Waals surface area contributed by atoms with Gasteiger partial charge in [0.1, 0.15) is 17.6 Å². The van der Waals surface area contributed by atoms with E-state index in [4.69, 9.17) is 4.74 Å². The molecule has 0 aliphatic carbocycles. The second kappa shape index (κ2) is 6.80. The third-order valence-corrected chi connectivity index (χ3v) is 3.38. The van der Waals surface area contributed by atoms with Gasteiger partial charge in [0.05, 0.1) is 4.92 Å².